The van der Waals surface area contributed by atoms with Crippen LogP contribution >= 0.6 is 0 Å². The second-order valence-electron chi connectivity index (χ2n) is 6.27. The number of nitrogens with zero attached hydrogens (tertiary/aromatic N) is 5. The van der Waals surface area contributed by atoms with Crippen LogP contribution < -0.4 is 4.90 Å². The maximum atomic E-state index is 13.5. The highest BCUT2D eigenvalue weighted by Gasteiger charge is 2.25. The molecule has 1 aliphatic rings. The van der Waals surface area contributed by atoms with Gasteiger partial charge in [-0.05, 0) is 25.0 Å². The van der Waals surface area contributed by atoms with Gasteiger partial charge in [0.15, 0.2) is 11.5 Å². The molecule has 1 unspecified atom stereocenters. The van der Waals surface area contributed by atoms with E-state index in [0.717, 1.165) is 16.5 Å². The number of nitrogens with one attached hydrogen (secondary N) is 1. The fourth-order valence-electron chi connectivity index (χ4n) is 3.21. The number of hydrogen-bond donors (Lipinski definition) is 1. The summed E-state index contributed by atoms with van der Waals surface area (Å²) in [4.78, 5) is 6.23. The second kappa shape index (κ2) is 6.05. The number of aromatic amines is 1. The number of anilines is 1. The van der Waals surface area contributed by atoms with Crippen molar-refractivity contribution in [1.29, 1.82) is 0 Å². The smallest absolute Gasteiger partial charge is 0.257 e. The fraction of sp³-hybridized carbons (Fsp3) is 0.438. The van der Waals surface area contributed by atoms with Crippen LogP contribution in [0.3, 0.4) is 0 Å². The van der Waals surface area contributed by atoms with E-state index in [2.05, 4.69) is 20.3 Å². The third-order valence-corrected chi connectivity index (χ3v) is 4.37. The Kier molecular flexibility index (Phi) is 3.85. The first-order chi connectivity index (χ1) is 12.0. The Hall–Kier alpha value is -2.58. The third-order valence-electron chi connectivity index (χ3n) is 4.37. The SMILES string of the molecule is Cc1cn(CC(F)F)nc1-c1cnc2[nH]nc(N3CCC(F)C3)c2c1. The average molecular weight is 350 g/mol. The van der Waals surface area contributed by atoms with Crippen molar-refractivity contribution >= 4 is 16.9 Å². The number of alkyl halides is 3. The van der Waals surface area contributed by atoms with Crippen LogP contribution in [0.15, 0.2) is 18.5 Å². The Morgan fingerprint density at radius 3 is 2.96 bits per heavy atom. The van der Waals surface area contributed by atoms with Crippen LogP contribution in [0.5, 0.6) is 0 Å². The summed E-state index contributed by atoms with van der Waals surface area (Å²) >= 11 is 0. The summed E-state index contributed by atoms with van der Waals surface area (Å²) in [6.07, 6.45) is 0.399. The first kappa shape index (κ1) is 15.9. The fourth-order valence-corrected chi connectivity index (χ4v) is 3.21. The Morgan fingerprint density at radius 1 is 1.40 bits per heavy atom. The van der Waals surface area contributed by atoms with E-state index in [9.17, 15) is 13.2 Å². The molecule has 0 saturated carbocycles. The Morgan fingerprint density at radius 2 is 2.24 bits per heavy atom. The van der Waals surface area contributed by atoms with Crippen LogP contribution in [-0.2, 0) is 6.54 Å². The number of aromatic nitrogens is 5. The monoisotopic (exact) mass is 350 g/mol. The quantitative estimate of drug-likeness (QED) is 0.786. The largest absolute Gasteiger partial charge is 0.352 e. The van der Waals surface area contributed by atoms with E-state index < -0.39 is 19.1 Å². The van der Waals surface area contributed by atoms with Crippen LogP contribution in [0.1, 0.15) is 12.0 Å². The molecule has 0 aliphatic carbocycles. The predicted octanol–water partition coefficient (Wildman–Crippen LogP) is 2.94. The lowest BCUT2D eigenvalue weighted by Gasteiger charge is -2.14. The molecule has 0 radical (unpaired) electrons. The van der Waals surface area contributed by atoms with Crippen molar-refractivity contribution in [3.63, 3.8) is 0 Å². The van der Waals surface area contributed by atoms with Crippen molar-refractivity contribution < 1.29 is 13.2 Å². The Balaban J connectivity index is 1.72. The van der Waals surface area contributed by atoms with Gasteiger partial charge >= 0.3 is 0 Å². The molecule has 4 rings (SSSR count). The van der Waals surface area contributed by atoms with Crippen LogP contribution in [-0.4, -0.2) is 50.6 Å². The molecule has 0 aromatic carbocycles. The minimum atomic E-state index is -2.46. The highest BCUT2D eigenvalue weighted by atomic mass is 19.3. The zero-order valence-corrected chi connectivity index (χ0v) is 13.6. The lowest BCUT2D eigenvalue weighted by Crippen LogP contribution is -2.20. The van der Waals surface area contributed by atoms with Gasteiger partial charge in [0.25, 0.3) is 6.43 Å². The van der Waals surface area contributed by atoms with Crippen molar-refractivity contribution in [2.75, 3.05) is 18.0 Å². The van der Waals surface area contributed by atoms with E-state index in [1.807, 2.05) is 17.9 Å². The van der Waals surface area contributed by atoms with Crippen LogP contribution in [0.2, 0.25) is 0 Å². The molecule has 6 nitrogen and oxygen atoms in total. The number of rotatable bonds is 4. The van der Waals surface area contributed by atoms with Gasteiger partial charge in [-0.25, -0.2) is 18.2 Å². The molecular weight excluding hydrogens is 333 g/mol. The van der Waals surface area contributed by atoms with E-state index in [1.165, 1.54) is 4.68 Å². The molecular formula is C16H17F3N6. The molecule has 1 saturated heterocycles. The molecule has 1 aliphatic heterocycles. The first-order valence-electron chi connectivity index (χ1n) is 8.07. The standard InChI is InChI=1S/C16H17F3N6/c1-9-6-25(8-13(18)19)23-14(9)10-4-12-15(20-5-10)21-22-16(12)24-3-2-11(17)7-24/h4-6,11,13H,2-3,7-8H2,1H3,(H,20,21,22). The normalized spacial score (nSPS) is 18.0. The topological polar surface area (TPSA) is 62.6 Å². The summed E-state index contributed by atoms with van der Waals surface area (Å²) < 4.78 is 39.9. The lowest BCUT2D eigenvalue weighted by atomic mass is 10.1. The van der Waals surface area contributed by atoms with Gasteiger partial charge in [-0.15, -0.1) is 0 Å². The molecule has 1 atom stereocenters. The maximum Gasteiger partial charge on any atom is 0.257 e. The number of pyridine rings is 1. The number of halogens is 3. The van der Waals surface area contributed by atoms with Crippen molar-refractivity contribution in [1.82, 2.24) is 25.0 Å². The highest BCUT2D eigenvalue weighted by Crippen LogP contribution is 2.30. The summed E-state index contributed by atoms with van der Waals surface area (Å²) in [5.74, 6) is 0.661. The van der Waals surface area contributed by atoms with Crippen LogP contribution in [0.4, 0.5) is 19.0 Å². The Bertz CT molecular complexity index is 903. The lowest BCUT2D eigenvalue weighted by molar-refractivity contribution is 0.122. The average Bonchev–Trinajstić information content (AvgIpc) is 3.24. The van der Waals surface area contributed by atoms with Gasteiger partial charge in [-0.2, -0.15) is 10.2 Å². The van der Waals surface area contributed by atoms with Crippen molar-refractivity contribution in [3.8, 4) is 11.3 Å². The molecule has 25 heavy (non-hydrogen) atoms. The molecule has 1 fully saturated rings. The van der Waals surface area contributed by atoms with Crippen molar-refractivity contribution in [2.45, 2.75) is 32.5 Å². The molecule has 0 spiro atoms. The predicted molar refractivity (Wildman–Crippen MR) is 87.6 cm³/mol. The number of fused-ring (bicyclic) bond motifs is 1. The summed E-state index contributed by atoms with van der Waals surface area (Å²) in [5, 5.41) is 12.1. The van der Waals surface area contributed by atoms with Crippen LogP contribution in [0.25, 0.3) is 22.3 Å². The molecule has 0 amide bonds. The van der Waals surface area contributed by atoms with Gasteiger partial charge in [0.1, 0.15) is 12.7 Å². The van der Waals surface area contributed by atoms with E-state index in [0.29, 0.717) is 36.7 Å². The van der Waals surface area contributed by atoms with E-state index in [-0.39, 0.29) is 0 Å². The summed E-state index contributed by atoms with van der Waals surface area (Å²) in [6, 6.07) is 1.87. The van der Waals surface area contributed by atoms with Gasteiger partial charge in [-0.1, -0.05) is 0 Å². The minimum absolute atomic E-state index is 0.312. The van der Waals surface area contributed by atoms with E-state index in [1.54, 1.807) is 12.4 Å². The second-order valence-corrected chi connectivity index (χ2v) is 6.27. The van der Waals surface area contributed by atoms with Gasteiger partial charge < -0.3 is 4.90 Å². The van der Waals surface area contributed by atoms with Gasteiger partial charge in [0, 0.05) is 24.5 Å². The molecule has 132 valence electrons. The molecule has 9 heteroatoms. The summed E-state index contributed by atoms with van der Waals surface area (Å²) in [7, 11) is 0. The van der Waals surface area contributed by atoms with E-state index >= 15 is 0 Å². The van der Waals surface area contributed by atoms with Gasteiger partial charge in [-0.3, -0.25) is 9.78 Å². The summed E-state index contributed by atoms with van der Waals surface area (Å²) in [6.45, 7) is 2.29. The zero-order valence-electron chi connectivity index (χ0n) is 13.6. The van der Waals surface area contributed by atoms with E-state index in [4.69, 9.17) is 0 Å². The highest BCUT2D eigenvalue weighted by molar-refractivity contribution is 5.90. The number of aryl methyl sites for hydroxylation is 1. The maximum absolute atomic E-state index is 13.5. The zero-order chi connectivity index (χ0) is 17.6. The molecule has 4 heterocycles. The first-order valence-corrected chi connectivity index (χ1v) is 8.07. The van der Waals surface area contributed by atoms with Crippen molar-refractivity contribution in [3.05, 3.63) is 24.0 Å². The van der Waals surface area contributed by atoms with Gasteiger partial charge in [0.05, 0.1) is 17.6 Å². The molecule has 0 bridgehead atoms. The molecule has 1 N–H and O–H groups in total. The molecule has 3 aromatic heterocycles. The Labute approximate surface area is 141 Å². The number of hydrogen-bond acceptors (Lipinski definition) is 4. The van der Waals surface area contributed by atoms with Crippen molar-refractivity contribution in [2.24, 2.45) is 0 Å². The summed E-state index contributed by atoms with van der Waals surface area (Å²) in [5.41, 5.74) is 2.71. The minimum Gasteiger partial charge on any atom is -0.352 e. The molecule has 3 aromatic rings. The third kappa shape index (κ3) is 2.94. The number of H-pyrrole nitrogens is 1. The van der Waals surface area contributed by atoms with Gasteiger partial charge in [0.2, 0.25) is 0 Å². The van der Waals surface area contributed by atoms with Crippen LogP contribution in [0, 0.1) is 6.92 Å².